The molecule has 0 aliphatic heterocycles. The number of hydrogen-bond donors (Lipinski definition) is 1. The molecular formula is C15H13N. The van der Waals surface area contributed by atoms with Crippen molar-refractivity contribution in [1.29, 1.82) is 5.41 Å². The van der Waals surface area contributed by atoms with Gasteiger partial charge in [-0.2, -0.15) is 0 Å². The summed E-state index contributed by atoms with van der Waals surface area (Å²) in [6, 6.07) is 14.9. The zero-order valence-electron chi connectivity index (χ0n) is 9.25. The van der Waals surface area contributed by atoms with Gasteiger partial charge in [0, 0.05) is 5.71 Å². The first kappa shape index (κ1) is 9.34. The standard InChI is InChI=1S/C15H13N/c1-10(16)11-6-7-15-13(8-11)9-12-4-2-3-5-14(12)15/h2-8,16H,9H2,1H3. The lowest BCUT2D eigenvalue weighted by Gasteiger charge is -2.03. The Hall–Kier alpha value is -1.89. The van der Waals surface area contributed by atoms with E-state index in [1.807, 2.05) is 13.0 Å². The molecule has 0 saturated carbocycles. The number of benzene rings is 2. The zero-order valence-corrected chi connectivity index (χ0v) is 9.25. The molecule has 78 valence electrons. The van der Waals surface area contributed by atoms with Crippen LogP contribution in [0.25, 0.3) is 11.1 Å². The van der Waals surface area contributed by atoms with Crippen LogP contribution >= 0.6 is 0 Å². The predicted molar refractivity (Wildman–Crippen MR) is 67.2 cm³/mol. The molecule has 0 aromatic heterocycles. The van der Waals surface area contributed by atoms with Crippen LogP contribution in [0.1, 0.15) is 23.6 Å². The predicted octanol–water partition coefficient (Wildman–Crippen LogP) is 3.65. The molecule has 1 nitrogen and oxygen atoms in total. The minimum atomic E-state index is 0.638. The van der Waals surface area contributed by atoms with Crippen LogP contribution < -0.4 is 0 Å². The molecule has 0 heterocycles. The molecule has 1 aliphatic rings. The van der Waals surface area contributed by atoms with E-state index in [2.05, 4.69) is 36.4 Å². The van der Waals surface area contributed by atoms with Crippen molar-refractivity contribution in [3.8, 4) is 11.1 Å². The lowest BCUT2D eigenvalue weighted by atomic mass is 10.0. The minimum absolute atomic E-state index is 0.638. The molecular weight excluding hydrogens is 194 g/mol. The third kappa shape index (κ3) is 1.28. The van der Waals surface area contributed by atoms with Crippen molar-refractivity contribution in [1.82, 2.24) is 0 Å². The van der Waals surface area contributed by atoms with Crippen LogP contribution in [0.5, 0.6) is 0 Å². The molecule has 0 saturated heterocycles. The van der Waals surface area contributed by atoms with Gasteiger partial charge in [-0.05, 0) is 47.2 Å². The van der Waals surface area contributed by atoms with Gasteiger partial charge in [0.2, 0.25) is 0 Å². The van der Waals surface area contributed by atoms with Gasteiger partial charge >= 0.3 is 0 Å². The second-order valence-electron chi connectivity index (χ2n) is 4.33. The molecule has 16 heavy (non-hydrogen) atoms. The Morgan fingerprint density at radius 1 is 1.00 bits per heavy atom. The van der Waals surface area contributed by atoms with E-state index in [0.29, 0.717) is 5.71 Å². The summed E-state index contributed by atoms with van der Waals surface area (Å²) < 4.78 is 0. The zero-order chi connectivity index (χ0) is 11.1. The molecule has 1 heteroatoms. The molecule has 2 aromatic rings. The maximum Gasteiger partial charge on any atom is 0.0355 e. The van der Waals surface area contributed by atoms with Crippen molar-refractivity contribution in [3.05, 3.63) is 59.2 Å². The molecule has 1 aliphatic carbocycles. The highest BCUT2D eigenvalue weighted by Crippen LogP contribution is 2.36. The van der Waals surface area contributed by atoms with Crippen molar-refractivity contribution in [3.63, 3.8) is 0 Å². The summed E-state index contributed by atoms with van der Waals surface area (Å²) in [5, 5.41) is 7.66. The van der Waals surface area contributed by atoms with Gasteiger partial charge in [0.1, 0.15) is 0 Å². The topological polar surface area (TPSA) is 23.9 Å². The lowest BCUT2D eigenvalue weighted by molar-refractivity contribution is 1.26. The molecule has 0 bridgehead atoms. The van der Waals surface area contributed by atoms with Crippen LogP contribution in [0.3, 0.4) is 0 Å². The Morgan fingerprint density at radius 3 is 2.56 bits per heavy atom. The fourth-order valence-corrected chi connectivity index (χ4v) is 2.38. The van der Waals surface area contributed by atoms with Crippen LogP contribution in [-0.2, 0) is 6.42 Å². The van der Waals surface area contributed by atoms with Gasteiger partial charge in [0.15, 0.2) is 0 Å². The van der Waals surface area contributed by atoms with Crippen molar-refractivity contribution in [2.75, 3.05) is 0 Å². The molecule has 0 amide bonds. The van der Waals surface area contributed by atoms with Crippen molar-refractivity contribution in [2.45, 2.75) is 13.3 Å². The van der Waals surface area contributed by atoms with E-state index in [-0.39, 0.29) is 0 Å². The molecule has 0 unspecified atom stereocenters. The number of hydrogen-bond acceptors (Lipinski definition) is 1. The summed E-state index contributed by atoms with van der Waals surface area (Å²) in [5.41, 5.74) is 7.11. The normalized spacial score (nSPS) is 12.1. The minimum Gasteiger partial charge on any atom is -0.305 e. The molecule has 3 rings (SSSR count). The maximum absolute atomic E-state index is 7.66. The van der Waals surface area contributed by atoms with Crippen LogP contribution in [-0.4, -0.2) is 5.71 Å². The first-order valence-electron chi connectivity index (χ1n) is 5.52. The van der Waals surface area contributed by atoms with Crippen LogP contribution in [0.15, 0.2) is 42.5 Å². The molecule has 2 aromatic carbocycles. The average Bonchev–Trinajstić information content (AvgIpc) is 2.66. The summed E-state index contributed by atoms with van der Waals surface area (Å²) in [6.45, 7) is 1.84. The quantitative estimate of drug-likeness (QED) is 0.589. The monoisotopic (exact) mass is 207 g/mol. The fourth-order valence-electron chi connectivity index (χ4n) is 2.38. The van der Waals surface area contributed by atoms with Crippen LogP contribution in [0, 0.1) is 5.41 Å². The first-order chi connectivity index (χ1) is 7.75. The van der Waals surface area contributed by atoms with Crippen molar-refractivity contribution >= 4 is 5.71 Å². The van der Waals surface area contributed by atoms with Crippen LogP contribution in [0.4, 0.5) is 0 Å². The number of nitrogens with one attached hydrogen (secondary N) is 1. The second-order valence-corrected chi connectivity index (χ2v) is 4.33. The molecule has 0 atom stereocenters. The molecule has 0 radical (unpaired) electrons. The highest BCUT2D eigenvalue weighted by atomic mass is 14.4. The van der Waals surface area contributed by atoms with E-state index in [9.17, 15) is 0 Å². The van der Waals surface area contributed by atoms with Gasteiger partial charge in [0.05, 0.1) is 0 Å². The van der Waals surface area contributed by atoms with E-state index in [0.717, 1.165) is 12.0 Å². The van der Waals surface area contributed by atoms with Gasteiger partial charge in [-0.3, -0.25) is 0 Å². The summed E-state index contributed by atoms with van der Waals surface area (Å²) in [6.07, 6.45) is 1.01. The third-order valence-corrected chi connectivity index (χ3v) is 3.23. The number of fused-ring (bicyclic) bond motifs is 3. The van der Waals surface area contributed by atoms with Gasteiger partial charge in [-0.25, -0.2) is 0 Å². The Bertz CT molecular complexity index is 582. The molecule has 1 N–H and O–H groups in total. The SMILES string of the molecule is CC(=N)c1ccc2c(c1)Cc1ccccc1-2. The smallest absolute Gasteiger partial charge is 0.0355 e. The van der Waals surface area contributed by atoms with Crippen molar-refractivity contribution in [2.24, 2.45) is 0 Å². The fraction of sp³-hybridized carbons (Fsp3) is 0.133. The highest BCUT2D eigenvalue weighted by molar-refractivity contribution is 5.97. The summed E-state index contributed by atoms with van der Waals surface area (Å²) in [4.78, 5) is 0. The van der Waals surface area contributed by atoms with E-state index >= 15 is 0 Å². The van der Waals surface area contributed by atoms with E-state index in [1.54, 1.807) is 0 Å². The maximum atomic E-state index is 7.66. The summed E-state index contributed by atoms with van der Waals surface area (Å²) in [7, 11) is 0. The van der Waals surface area contributed by atoms with Gasteiger partial charge in [-0.1, -0.05) is 36.4 Å². The van der Waals surface area contributed by atoms with E-state index in [4.69, 9.17) is 5.41 Å². The van der Waals surface area contributed by atoms with E-state index < -0.39 is 0 Å². The Balaban J connectivity index is 2.18. The first-order valence-corrected chi connectivity index (χ1v) is 5.52. The van der Waals surface area contributed by atoms with Crippen LogP contribution in [0.2, 0.25) is 0 Å². The van der Waals surface area contributed by atoms with Gasteiger partial charge < -0.3 is 5.41 Å². The lowest BCUT2D eigenvalue weighted by Crippen LogP contribution is -1.93. The van der Waals surface area contributed by atoms with E-state index in [1.165, 1.54) is 22.3 Å². The van der Waals surface area contributed by atoms with Crippen molar-refractivity contribution < 1.29 is 0 Å². The summed E-state index contributed by atoms with van der Waals surface area (Å²) in [5.74, 6) is 0. The highest BCUT2D eigenvalue weighted by Gasteiger charge is 2.17. The largest absolute Gasteiger partial charge is 0.305 e. The Kier molecular flexibility index (Phi) is 1.93. The Labute approximate surface area is 95.3 Å². The molecule has 0 spiro atoms. The molecule has 0 fully saturated rings. The average molecular weight is 207 g/mol. The third-order valence-electron chi connectivity index (χ3n) is 3.23. The Morgan fingerprint density at radius 2 is 1.75 bits per heavy atom. The van der Waals surface area contributed by atoms with Gasteiger partial charge in [-0.15, -0.1) is 0 Å². The second kappa shape index (κ2) is 3.31. The number of rotatable bonds is 1. The van der Waals surface area contributed by atoms with Gasteiger partial charge in [0.25, 0.3) is 0 Å². The summed E-state index contributed by atoms with van der Waals surface area (Å²) >= 11 is 0.